The summed E-state index contributed by atoms with van der Waals surface area (Å²) in [4.78, 5) is 11.9. The van der Waals surface area contributed by atoms with Crippen molar-refractivity contribution in [1.82, 2.24) is 15.0 Å². The van der Waals surface area contributed by atoms with Gasteiger partial charge < -0.3 is 0 Å². The molecule has 6 aromatic rings. The van der Waals surface area contributed by atoms with E-state index in [0.29, 0.717) is 43.3 Å². The average molecular weight is 1110 g/mol. The van der Waals surface area contributed by atoms with Gasteiger partial charge in [-0.05, 0) is 90.5 Å². The van der Waals surface area contributed by atoms with Crippen LogP contribution in [0.5, 0.6) is 0 Å². The lowest BCUT2D eigenvalue weighted by atomic mass is 10.0. The fourth-order valence-corrected chi connectivity index (χ4v) is 2.74. The zero-order valence-electron chi connectivity index (χ0n) is 61.8. The number of hydrogen-bond acceptors (Lipinski definition) is 3. The minimum Gasteiger partial charge on any atom is -0.265 e. The predicted octanol–water partition coefficient (Wildman–Crippen LogP) is 27.8. The molecule has 0 saturated heterocycles. The summed E-state index contributed by atoms with van der Waals surface area (Å²) in [7, 11) is 0. The van der Waals surface area contributed by atoms with E-state index >= 15 is 0 Å². The Bertz CT molecular complexity index is 1530. The lowest BCUT2D eigenvalue weighted by molar-refractivity contribution is 0.469. The molecule has 0 fully saturated rings. The highest BCUT2D eigenvalue weighted by Gasteiger charge is 1.99. The fourth-order valence-electron chi connectivity index (χ4n) is 2.74. The first-order chi connectivity index (χ1) is 35.9. The van der Waals surface area contributed by atoms with Crippen molar-refractivity contribution in [3.8, 4) is 0 Å². The molecule has 0 saturated carbocycles. The Labute approximate surface area is 506 Å². The number of rotatable bonds is 0. The van der Waals surface area contributed by atoms with Crippen LogP contribution < -0.4 is 0 Å². The number of fused-ring (bicyclic) bond motifs is 2. The zero-order valence-corrected chi connectivity index (χ0v) is 61.8. The molecule has 0 aliphatic carbocycles. The fraction of sp³-hybridized carbons (Fsp3) is 0.623. The Morgan fingerprint density at radius 3 is 0.463 bits per heavy atom. The SMILES string of the molecule is CC.CC.CC.CC.CC(C)(C)C.CC(C)(C)C.CC(C)(C)C.CC(C)(C)C.CC(C)(C)C.CC(C)(C)C.CC(C)(C)C.CC(C)(C)C.c1ccc2ccccc2c1.c1ccccc1.c1ccncc1.c1cnc2ncccc2c1. The summed E-state index contributed by atoms with van der Waals surface area (Å²) in [5.41, 5.74) is 4.81. The van der Waals surface area contributed by atoms with Crippen LogP contribution in [0, 0.1) is 43.3 Å². The summed E-state index contributed by atoms with van der Waals surface area (Å²) in [6.45, 7) is 86.0. The molecule has 3 heterocycles. The van der Waals surface area contributed by atoms with Crippen LogP contribution in [0.2, 0.25) is 0 Å². The molecule has 0 amide bonds. The Kier molecular flexibility index (Phi) is 70.7. The molecular weight excluding hydrogens is 967 g/mol. The molecule has 0 N–H and O–H groups in total. The van der Waals surface area contributed by atoms with Crippen molar-refractivity contribution in [3.05, 3.63) is 152 Å². The monoisotopic (exact) mass is 1110 g/mol. The van der Waals surface area contributed by atoms with Crippen LogP contribution >= 0.6 is 0 Å². The molecular formula is C77H145N3. The first-order valence-electron chi connectivity index (χ1n) is 30.4. The van der Waals surface area contributed by atoms with Crippen LogP contribution in [0.25, 0.3) is 21.8 Å². The number of hydrogen-bond donors (Lipinski definition) is 0. The van der Waals surface area contributed by atoms with E-state index in [4.69, 9.17) is 0 Å². The second-order valence-corrected chi connectivity index (χ2v) is 30.6. The summed E-state index contributed by atoms with van der Waals surface area (Å²) in [5.74, 6) is 0. The highest BCUT2D eigenvalue weighted by Crippen LogP contribution is 2.13. The summed E-state index contributed by atoms with van der Waals surface area (Å²) in [5, 5.41) is 3.71. The molecule has 0 unspecified atom stereocenters. The molecule has 80 heavy (non-hydrogen) atoms. The topological polar surface area (TPSA) is 38.7 Å². The minimum absolute atomic E-state index is 0.500. The molecule has 3 aromatic heterocycles. The third-order valence-corrected chi connectivity index (χ3v) is 4.27. The zero-order chi connectivity index (χ0) is 66.1. The van der Waals surface area contributed by atoms with Crippen molar-refractivity contribution in [1.29, 1.82) is 0 Å². The summed E-state index contributed by atoms with van der Waals surface area (Å²) in [6.07, 6.45) is 6.99. The number of nitrogens with zero attached hydrogens (tertiary/aromatic N) is 3. The molecule has 0 radical (unpaired) electrons. The number of pyridine rings is 3. The number of aromatic nitrogens is 3. The molecule has 3 aromatic carbocycles. The van der Waals surface area contributed by atoms with Gasteiger partial charge in [0.2, 0.25) is 0 Å². The maximum atomic E-state index is 4.07. The maximum Gasteiger partial charge on any atom is 0.159 e. The Morgan fingerprint density at radius 2 is 0.338 bits per heavy atom. The van der Waals surface area contributed by atoms with Crippen LogP contribution in [0.1, 0.15) is 277 Å². The summed E-state index contributed by atoms with van der Waals surface area (Å²) >= 11 is 0. The standard InChI is InChI=1S/C10H8.C8H6N2.C6H6.C5H5N.8C5H12.4C2H6/c1-2-6-10-8-4-3-7-9(10)5-1;1-3-7-4-2-6-10-8(7)9-5-1;2*1-2-4-6-5-3-1;8*1-5(2,3)4;4*1-2/h1-8H;1-6H;1-6H;1-5H;8*1-4H3;4*1-2H3. The molecule has 3 heteroatoms. The highest BCUT2D eigenvalue weighted by molar-refractivity contribution is 5.82. The lowest BCUT2D eigenvalue weighted by Crippen LogP contribution is -1.93. The van der Waals surface area contributed by atoms with Gasteiger partial charge in [-0.1, -0.05) is 368 Å². The molecule has 0 spiro atoms. The van der Waals surface area contributed by atoms with Gasteiger partial charge in [0.05, 0.1) is 0 Å². The van der Waals surface area contributed by atoms with Crippen LogP contribution in [0.15, 0.2) is 152 Å². The molecule has 0 atom stereocenters. The number of benzene rings is 3. The second kappa shape index (κ2) is 57.8. The Balaban J connectivity index is -0.0000000835. The van der Waals surface area contributed by atoms with E-state index in [1.54, 1.807) is 24.8 Å². The third kappa shape index (κ3) is 204. The van der Waals surface area contributed by atoms with E-state index in [1.807, 2.05) is 134 Å². The second-order valence-electron chi connectivity index (χ2n) is 30.6. The van der Waals surface area contributed by atoms with Gasteiger partial charge in [0.1, 0.15) is 0 Å². The van der Waals surface area contributed by atoms with Crippen molar-refractivity contribution in [3.63, 3.8) is 0 Å². The van der Waals surface area contributed by atoms with E-state index in [1.165, 1.54) is 10.8 Å². The summed E-state index contributed by atoms with van der Waals surface area (Å²) < 4.78 is 0. The van der Waals surface area contributed by atoms with Crippen LogP contribution in [0.3, 0.4) is 0 Å². The van der Waals surface area contributed by atoms with E-state index in [-0.39, 0.29) is 0 Å². The molecule has 6 rings (SSSR count). The third-order valence-electron chi connectivity index (χ3n) is 4.27. The first-order valence-corrected chi connectivity index (χ1v) is 30.4. The molecule has 0 bridgehead atoms. The van der Waals surface area contributed by atoms with Gasteiger partial charge in [0.15, 0.2) is 5.65 Å². The normalized spacial score (nSPS) is 10.0. The Morgan fingerprint density at radius 1 is 0.188 bits per heavy atom. The van der Waals surface area contributed by atoms with Crippen molar-refractivity contribution in [2.24, 2.45) is 43.3 Å². The van der Waals surface area contributed by atoms with E-state index in [0.717, 1.165) is 11.0 Å². The van der Waals surface area contributed by atoms with E-state index < -0.39 is 0 Å². The Hall–Kier alpha value is -4.37. The predicted molar refractivity (Wildman–Crippen MR) is 381 cm³/mol. The van der Waals surface area contributed by atoms with Crippen molar-refractivity contribution < 1.29 is 0 Å². The van der Waals surface area contributed by atoms with Gasteiger partial charge in [-0.2, -0.15) is 0 Å². The molecule has 0 aliphatic rings. The van der Waals surface area contributed by atoms with E-state index in [9.17, 15) is 0 Å². The van der Waals surface area contributed by atoms with Gasteiger partial charge in [0, 0.05) is 30.2 Å². The lowest BCUT2D eigenvalue weighted by Gasteiger charge is -2.05. The minimum atomic E-state index is 0.500. The average Bonchev–Trinajstić information content (AvgIpc) is 3.29. The van der Waals surface area contributed by atoms with Crippen molar-refractivity contribution in [2.75, 3.05) is 0 Å². The van der Waals surface area contributed by atoms with Gasteiger partial charge in [-0.3, -0.25) is 4.98 Å². The molecule has 0 aliphatic heterocycles. The molecule has 3 nitrogen and oxygen atoms in total. The van der Waals surface area contributed by atoms with Crippen LogP contribution in [-0.2, 0) is 0 Å². The van der Waals surface area contributed by atoms with Crippen LogP contribution in [-0.4, -0.2) is 15.0 Å². The first kappa shape index (κ1) is 97.8. The summed E-state index contributed by atoms with van der Waals surface area (Å²) in [6, 6.07) is 42.2. The quantitative estimate of drug-likeness (QED) is 0.152. The highest BCUT2D eigenvalue weighted by atomic mass is 14.8. The van der Waals surface area contributed by atoms with Gasteiger partial charge >= 0.3 is 0 Å². The van der Waals surface area contributed by atoms with Gasteiger partial charge in [-0.15, -0.1) is 0 Å². The van der Waals surface area contributed by atoms with Crippen molar-refractivity contribution >= 4 is 21.8 Å². The molecule has 468 valence electrons. The smallest absolute Gasteiger partial charge is 0.159 e. The van der Waals surface area contributed by atoms with Gasteiger partial charge in [0.25, 0.3) is 0 Å². The maximum absolute atomic E-state index is 4.07. The van der Waals surface area contributed by atoms with Gasteiger partial charge in [-0.25, -0.2) is 9.97 Å². The van der Waals surface area contributed by atoms with E-state index in [2.05, 4.69) is 285 Å². The largest absolute Gasteiger partial charge is 0.265 e. The van der Waals surface area contributed by atoms with Crippen LogP contribution in [0.4, 0.5) is 0 Å². The van der Waals surface area contributed by atoms with Crippen molar-refractivity contribution in [2.45, 2.75) is 277 Å².